The number of hydrogen-bond acceptors (Lipinski definition) is 6. The molecule has 154 valence electrons. The Balaban J connectivity index is 1.71. The van der Waals surface area contributed by atoms with Gasteiger partial charge in [0.1, 0.15) is 0 Å². The fourth-order valence-electron chi connectivity index (χ4n) is 3.17. The highest BCUT2D eigenvalue weighted by Crippen LogP contribution is 2.28. The van der Waals surface area contributed by atoms with E-state index in [4.69, 9.17) is 9.47 Å². The van der Waals surface area contributed by atoms with Gasteiger partial charge in [0.15, 0.2) is 17.3 Å². The quantitative estimate of drug-likeness (QED) is 0.503. The van der Waals surface area contributed by atoms with Gasteiger partial charge in [-0.3, -0.25) is 4.79 Å². The van der Waals surface area contributed by atoms with Gasteiger partial charge >= 0.3 is 0 Å². The lowest BCUT2D eigenvalue weighted by atomic mass is 9.87. The van der Waals surface area contributed by atoms with E-state index in [2.05, 4.69) is 43.0 Å². The van der Waals surface area contributed by atoms with Crippen LogP contribution in [0.4, 0.5) is 0 Å². The van der Waals surface area contributed by atoms with Gasteiger partial charge in [0.05, 0.1) is 18.8 Å². The van der Waals surface area contributed by atoms with Crippen LogP contribution in [0.5, 0.6) is 11.5 Å². The summed E-state index contributed by atoms with van der Waals surface area (Å²) in [7, 11) is 3.17. The Hall–Kier alpha value is -3.19. The summed E-state index contributed by atoms with van der Waals surface area (Å²) >= 11 is 1.31. The van der Waals surface area contributed by atoms with Crippen LogP contribution in [0.25, 0.3) is 22.4 Å². The molecule has 0 bridgehead atoms. The van der Waals surface area contributed by atoms with Crippen LogP contribution in [0, 0.1) is 0 Å². The van der Waals surface area contributed by atoms with E-state index in [1.54, 1.807) is 14.2 Å². The molecule has 0 fully saturated rings. The largest absolute Gasteiger partial charge is 0.493 e. The number of nitrogens with zero attached hydrogens (tertiary/aromatic N) is 3. The Morgan fingerprint density at radius 1 is 1.00 bits per heavy atom. The summed E-state index contributed by atoms with van der Waals surface area (Å²) < 4.78 is 12.5. The van der Waals surface area contributed by atoms with Gasteiger partial charge in [0, 0.05) is 5.56 Å². The summed E-state index contributed by atoms with van der Waals surface area (Å²) in [5.41, 5.74) is 2.87. The zero-order chi connectivity index (χ0) is 21.5. The molecule has 2 aromatic carbocycles. The smallest absolute Gasteiger partial charge is 0.291 e. The van der Waals surface area contributed by atoms with Crippen LogP contribution < -0.4 is 19.6 Å². The van der Waals surface area contributed by atoms with Gasteiger partial charge in [0.25, 0.3) is 5.56 Å². The molecule has 4 rings (SSSR count). The first-order valence-electron chi connectivity index (χ1n) is 9.54. The molecule has 7 heteroatoms. The van der Waals surface area contributed by atoms with Crippen LogP contribution in [0.15, 0.2) is 47.3 Å². The second kappa shape index (κ2) is 7.57. The number of benzene rings is 2. The number of ether oxygens (including phenoxy) is 2. The van der Waals surface area contributed by atoms with Crippen molar-refractivity contribution in [3.8, 4) is 22.9 Å². The highest BCUT2D eigenvalue weighted by atomic mass is 32.1. The van der Waals surface area contributed by atoms with Gasteiger partial charge in [-0.1, -0.05) is 62.4 Å². The molecule has 0 atom stereocenters. The minimum Gasteiger partial charge on any atom is -0.493 e. The van der Waals surface area contributed by atoms with Gasteiger partial charge in [-0.25, -0.2) is 0 Å². The number of aromatic nitrogens is 3. The van der Waals surface area contributed by atoms with E-state index in [0.29, 0.717) is 26.8 Å². The zero-order valence-electron chi connectivity index (χ0n) is 17.6. The highest BCUT2D eigenvalue weighted by molar-refractivity contribution is 7.15. The van der Waals surface area contributed by atoms with Crippen LogP contribution in [0.2, 0.25) is 0 Å². The van der Waals surface area contributed by atoms with Crippen molar-refractivity contribution in [1.29, 1.82) is 0 Å². The topological polar surface area (TPSA) is 65.7 Å². The zero-order valence-corrected chi connectivity index (χ0v) is 18.4. The Labute approximate surface area is 178 Å². The maximum absolute atomic E-state index is 12.8. The molecule has 4 aromatic rings. The Morgan fingerprint density at radius 3 is 2.30 bits per heavy atom. The van der Waals surface area contributed by atoms with E-state index < -0.39 is 0 Å². The van der Waals surface area contributed by atoms with Gasteiger partial charge < -0.3 is 9.47 Å². The number of fused-ring (bicyclic) bond motifs is 1. The van der Waals surface area contributed by atoms with E-state index >= 15 is 0 Å². The summed E-state index contributed by atoms with van der Waals surface area (Å²) in [6.45, 7) is 6.52. The molecule has 2 aromatic heterocycles. The first-order valence-corrected chi connectivity index (χ1v) is 10.4. The highest BCUT2D eigenvalue weighted by Gasteiger charge is 2.15. The first-order chi connectivity index (χ1) is 14.3. The van der Waals surface area contributed by atoms with E-state index in [-0.39, 0.29) is 11.0 Å². The fraction of sp³-hybridized carbons (Fsp3) is 0.261. The maximum atomic E-state index is 12.8. The number of rotatable bonds is 4. The lowest BCUT2D eigenvalue weighted by Crippen LogP contribution is -2.23. The molecular weight excluding hydrogens is 398 g/mol. The van der Waals surface area contributed by atoms with Crippen molar-refractivity contribution in [2.75, 3.05) is 14.2 Å². The first kappa shape index (κ1) is 20.1. The predicted molar refractivity (Wildman–Crippen MR) is 120 cm³/mol. The minimum absolute atomic E-state index is 0.0809. The Bertz CT molecular complexity index is 1310. The van der Waals surface area contributed by atoms with Crippen molar-refractivity contribution in [1.82, 2.24) is 14.6 Å². The van der Waals surface area contributed by atoms with Crippen molar-refractivity contribution in [2.45, 2.75) is 26.2 Å². The molecular formula is C23H23N3O3S. The van der Waals surface area contributed by atoms with Gasteiger partial charge in [-0.05, 0) is 34.8 Å². The van der Waals surface area contributed by atoms with E-state index in [0.717, 1.165) is 11.1 Å². The van der Waals surface area contributed by atoms with Crippen LogP contribution >= 0.6 is 11.3 Å². The van der Waals surface area contributed by atoms with E-state index in [1.165, 1.54) is 21.4 Å². The van der Waals surface area contributed by atoms with Crippen molar-refractivity contribution in [3.05, 3.63) is 68.5 Å². The summed E-state index contributed by atoms with van der Waals surface area (Å²) in [6, 6.07) is 13.7. The third-order valence-corrected chi connectivity index (χ3v) is 5.86. The third kappa shape index (κ3) is 3.68. The van der Waals surface area contributed by atoms with Gasteiger partial charge in [-0.15, -0.1) is 5.10 Å². The van der Waals surface area contributed by atoms with Gasteiger partial charge in [0.2, 0.25) is 4.96 Å². The average molecular weight is 422 g/mol. The standard InChI is InChI=1S/C23H23N3O3S/c1-23(2,3)16-9-7-15(8-10-16)20-24-22-26(25-20)21(27)19(30-22)13-14-6-11-17(28-4)18(12-14)29-5/h6-13H,1-5H3. The average Bonchev–Trinajstić information content (AvgIpc) is 3.27. The van der Waals surface area contributed by atoms with Crippen LogP contribution in [-0.4, -0.2) is 28.8 Å². The van der Waals surface area contributed by atoms with Crippen molar-refractivity contribution in [3.63, 3.8) is 0 Å². The van der Waals surface area contributed by atoms with Crippen molar-refractivity contribution in [2.24, 2.45) is 0 Å². The molecule has 0 aliphatic rings. The molecule has 6 nitrogen and oxygen atoms in total. The van der Waals surface area contributed by atoms with Crippen LogP contribution in [0.3, 0.4) is 0 Å². The normalized spacial score (nSPS) is 12.5. The van der Waals surface area contributed by atoms with E-state index in [9.17, 15) is 4.79 Å². The molecule has 2 heterocycles. The molecule has 0 radical (unpaired) electrons. The summed E-state index contributed by atoms with van der Waals surface area (Å²) in [5, 5.41) is 4.44. The summed E-state index contributed by atoms with van der Waals surface area (Å²) in [6.07, 6.45) is 1.81. The Kier molecular flexibility index (Phi) is 5.07. The molecule has 0 aliphatic carbocycles. The summed E-state index contributed by atoms with van der Waals surface area (Å²) in [4.78, 5) is 18.0. The second-order valence-electron chi connectivity index (χ2n) is 7.99. The molecule has 0 unspecified atom stereocenters. The van der Waals surface area contributed by atoms with Crippen LogP contribution in [-0.2, 0) is 5.41 Å². The molecule has 0 aliphatic heterocycles. The van der Waals surface area contributed by atoms with Crippen molar-refractivity contribution >= 4 is 22.4 Å². The molecule has 0 saturated heterocycles. The van der Waals surface area contributed by atoms with Gasteiger partial charge in [-0.2, -0.15) is 9.50 Å². The molecule has 0 amide bonds. The third-order valence-electron chi connectivity index (χ3n) is 4.90. The molecule has 0 saturated carbocycles. The molecule has 30 heavy (non-hydrogen) atoms. The lowest BCUT2D eigenvalue weighted by molar-refractivity contribution is 0.355. The Morgan fingerprint density at radius 2 is 1.70 bits per heavy atom. The van der Waals surface area contributed by atoms with Crippen LogP contribution in [0.1, 0.15) is 31.9 Å². The number of thiazole rings is 1. The number of methoxy groups -OCH3 is 2. The molecule has 0 spiro atoms. The fourth-order valence-corrected chi connectivity index (χ4v) is 4.08. The molecule has 0 N–H and O–H groups in total. The monoisotopic (exact) mass is 421 g/mol. The number of hydrogen-bond donors (Lipinski definition) is 0. The predicted octanol–water partition coefficient (Wildman–Crippen LogP) is 3.68. The lowest BCUT2D eigenvalue weighted by Gasteiger charge is -2.18. The SMILES string of the molecule is COc1ccc(C=c2sc3nc(-c4ccc(C(C)(C)C)cc4)nn3c2=O)cc1OC. The second-order valence-corrected chi connectivity index (χ2v) is 9.00. The minimum atomic E-state index is -0.185. The summed E-state index contributed by atoms with van der Waals surface area (Å²) in [5.74, 6) is 1.80. The van der Waals surface area contributed by atoms with Crippen molar-refractivity contribution < 1.29 is 9.47 Å². The van der Waals surface area contributed by atoms with E-state index in [1.807, 2.05) is 36.4 Å². The maximum Gasteiger partial charge on any atom is 0.291 e.